The molecule has 0 aromatic carbocycles. The summed E-state index contributed by atoms with van der Waals surface area (Å²) < 4.78 is 1.68. The lowest BCUT2D eigenvalue weighted by molar-refractivity contribution is 0.0942. The van der Waals surface area contributed by atoms with E-state index in [-0.39, 0.29) is 5.91 Å². The molecule has 0 saturated heterocycles. The standard InChI is InChI=1S/C10H13N5O/c1-7-8(4-13-14-7)3-12-10(16)9-5-11-6-15(9)2/h4-6H,3H2,1-2H3,(H,12,16)(H,13,14). The molecule has 16 heavy (non-hydrogen) atoms. The van der Waals surface area contributed by atoms with Gasteiger partial charge in [0.1, 0.15) is 5.69 Å². The number of hydrogen-bond acceptors (Lipinski definition) is 3. The van der Waals surface area contributed by atoms with Crippen LogP contribution in [-0.4, -0.2) is 25.7 Å². The largest absolute Gasteiger partial charge is 0.347 e. The normalized spacial score (nSPS) is 10.4. The van der Waals surface area contributed by atoms with Crippen molar-refractivity contribution in [2.24, 2.45) is 7.05 Å². The number of amides is 1. The molecule has 6 heteroatoms. The second kappa shape index (κ2) is 4.18. The highest BCUT2D eigenvalue weighted by Gasteiger charge is 2.09. The molecule has 0 bridgehead atoms. The van der Waals surface area contributed by atoms with Gasteiger partial charge in [-0.2, -0.15) is 5.10 Å². The predicted molar refractivity (Wildman–Crippen MR) is 57.7 cm³/mol. The molecule has 2 aromatic rings. The van der Waals surface area contributed by atoms with Crippen LogP contribution in [0.4, 0.5) is 0 Å². The number of nitrogens with zero attached hydrogens (tertiary/aromatic N) is 3. The summed E-state index contributed by atoms with van der Waals surface area (Å²) >= 11 is 0. The minimum Gasteiger partial charge on any atom is -0.347 e. The second-order valence-corrected chi connectivity index (χ2v) is 3.59. The first-order valence-electron chi connectivity index (χ1n) is 4.92. The first-order valence-corrected chi connectivity index (χ1v) is 4.92. The Hall–Kier alpha value is -2.11. The molecular formula is C10H13N5O. The summed E-state index contributed by atoms with van der Waals surface area (Å²) in [5, 5.41) is 9.52. The highest BCUT2D eigenvalue weighted by molar-refractivity contribution is 5.92. The number of H-pyrrole nitrogens is 1. The number of aryl methyl sites for hydroxylation is 2. The van der Waals surface area contributed by atoms with Crippen molar-refractivity contribution in [3.63, 3.8) is 0 Å². The van der Waals surface area contributed by atoms with Gasteiger partial charge in [-0.15, -0.1) is 0 Å². The van der Waals surface area contributed by atoms with Gasteiger partial charge in [0.05, 0.1) is 18.7 Å². The van der Waals surface area contributed by atoms with Gasteiger partial charge in [0.15, 0.2) is 0 Å². The quantitative estimate of drug-likeness (QED) is 0.783. The van der Waals surface area contributed by atoms with Crippen LogP contribution < -0.4 is 5.32 Å². The zero-order chi connectivity index (χ0) is 11.5. The molecule has 2 rings (SSSR count). The fraction of sp³-hybridized carbons (Fsp3) is 0.300. The first kappa shape index (κ1) is 10.4. The molecule has 6 nitrogen and oxygen atoms in total. The summed E-state index contributed by atoms with van der Waals surface area (Å²) in [5.41, 5.74) is 2.49. The molecule has 1 amide bonds. The van der Waals surface area contributed by atoms with Crippen molar-refractivity contribution in [2.75, 3.05) is 0 Å². The van der Waals surface area contributed by atoms with E-state index < -0.39 is 0 Å². The monoisotopic (exact) mass is 219 g/mol. The molecule has 0 radical (unpaired) electrons. The SMILES string of the molecule is Cc1[nH]ncc1CNC(=O)c1cncn1C. The Kier molecular flexibility index (Phi) is 2.72. The highest BCUT2D eigenvalue weighted by Crippen LogP contribution is 2.02. The van der Waals surface area contributed by atoms with E-state index >= 15 is 0 Å². The van der Waals surface area contributed by atoms with E-state index in [0.29, 0.717) is 12.2 Å². The number of rotatable bonds is 3. The number of hydrogen-bond donors (Lipinski definition) is 2. The lowest BCUT2D eigenvalue weighted by Gasteiger charge is -2.04. The van der Waals surface area contributed by atoms with Crippen molar-refractivity contribution < 1.29 is 4.79 Å². The van der Waals surface area contributed by atoms with E-state index in [9.17, 15) is 4.79 Å². The summed E-state index contributed by atoms with van der Waals surface area (Å²) in [4.78, 5) is 15.6. The summed E-state index contributed by atoms with van der Waals surface area (Å²) in [6, 6.07) is 0. The number of imidazole rings is 1. The molecule has 0 spiro atoms. The van der Waals surface area contributed by atoms with E-state index in [2.05, 4.69) is 20.5 Å². The molecule has 0 fully saturated rings. The maximum absolute atomic E-state index is 11.7. The topological polar surface area (TPSA) is 75.6 Å². The summed E-state index contributed by atoms with van der Waals surface area (Å²) in [6.07, 6.45) is 4.84. The minimum absolute atomic E-state index is 0.138. The van der Waals surface area contributed by atoms with Crippen molar-refractivity contribution in [1.29, 1.82) is 0 Å². The fourth-order valence-corrected chi connectivity index (χ4v) is 1.40. The highest BCUT2D eigenvalue weighted by atomic mass is 16.1. The summed E-state index contributed by atoms with van der Waals surface area (Å²) in [6.45, 7) is 2.38. The third-order valence-electron chi connectivity index (χ3n) is 2.42. The van der Waals surface area contributed by atoms with E-state index in [0.717, 1.165) is 11.3 Å². The van der Waals surface area contributed by atoms with Gasteiger partial charge in [0.2, 0.25) is 0 Å². The molecule has 0 aliphatic carbocycles. The van der Waals surface area contributed by atoms with Crippen molar-refractivity contribution >= 4 is 5.91 Å². The maximum Gasteiger partial charge on any atom is 0.269 e. The Morgan fingerprint density at radius 1 is 1.56 bits per heavy atom. The number of aromatic amines is 1. The van der Waals surface area contributed by atoms with Gasteiger partial charge >= 0.3 is 0 Å². The van der Waals surface area contributed by atoms with Gasteiger partial charge in [-0.3, -0.25) is 9.89 Å². The van der Waals surface area contributed by atoms with Crippen LogP contribution in [0.2, 0.25) is 0 Å². The Morgan fingerprint density at radius 3 is 2.94 bits per heavy atom. The van der Waals surface area contributed by atoms with Gasteiger partial charge in [-0.1, -0.05) is 0 Å². The van der Waals surface area contributed by atoms with Crippen molar-refractivity contribution in [1.82, 2.24) is 25.1 Å². The van der Waals surface area contributed by atoms with E-state index in [1.165, 1.54) is 6.20 Å². The molecular weight excluding hydrogens is 206 g/mol. The third-order valence-corrected chi connectivity index (χ3v) is 2.42. The average Bonchev–Trinajstić information content (AvgIpc) is 2.84. The average molecular weight is 219 g/mol. The van der Waals surface area contributed by atoms with Crippen LogP contribution in [0.1, 0.15) is 21.7 Å². The molecule has 2 heterocycles. The number of carbonyl (C=O) groups excluding carboxylic acids is 1. The van der Waals surface area contributed by atoms with E-state index in [1.807, 2.05) is 6.92 Å². The zero-order valence-electron chi connectivity index (χ0n) is 9.19. The summed E-state index contributed by atoms with van der Waals surface area (Å²) in [7, 11) is 1.78. The van der Waals surface area contributed by atoms with Crippen LogP contribution in [0.25, 0.3) is 0 Å². The van der Waals surface area contributed by atoms with Gasteiger partial charge in [-0.05, 0) is 6.92 Å². The molecule has 0 aliphatic heterocycles. The third kappa shape index (κ3) is 1.95. The molecule has 2 N–H and O–H groups in total. The molecule has 2 aromatic heterocycles. The molecule has 84 valence electrons. The number of carbonyl (C=O) groups is 1. The van der Waals surface area contributed by atoms with Gasteiger partial charge in [0.25, 0.3) is 5.91 Å². The summed E-state index contributed by atoms with van der Waals surface area (Å²) in [5.74, 6) is -0.138. The Morgan fingerprint density at radius 2 is 2.38 bits per heavy atom. The van der Waals surface area contributed by atoms with Crippen LogP contribution >= 0.6 is 0 Å². The predicted octanol–water partition coefficient (Wildman–Crippen LogP) is 0.382. The van der Waals surface area contributed by atoms with Crippen molar-refractivity contribution in [3.05, 3.63) is 35.7 Å². The minimum atomic E-state index is -0.138. The Balaban J connectivity index is 1.99. The molecule has 0 unspecified atom stereocenters. The van der Waals surface area contributed by atoms with Crippen LogP contribution in [0.3, 0.4) is 0 Å². The Bertz CT molecular complexity index is 499. The van der Waals surface area contributed by atoms with Gasteiger partial charge in [0, 0.05) is 24.8 Å². The first-order chi connectivity index (χ1) is 7.68. The van der Waals surface area contributed by atoms with Crippen LogP contribution in [0.15, 0.2) is 18.7 Å². The second-order valence-electron chi connectivity index (χ2n) is 3.59. The fourth-order valence-electron chi connectivity index (χ4n) is 1.40. The lowest BCUT2D eigenvalue weighted by atomic mass is 10.2. The smallest absolute Gasteiger partial charge is 0.269 e. The van der Waals surface area contributed by atoms with E-state index in [4.69, 9.17) is 0 Å². The van der Waals surface area contributed by atoms with Crippen LogP contribution in [-0.2, 0) is 13.6 Å². The molecule has 0 aliphatic rings. The van der Waals surface area contributed by atoms with Crippen molar-refractivity contribution in [3.8, 4) is 0 Å². The van der Waals surface area contributed by atoms with E-state index in [1.54, 1.807) is 24.1 Å². The Labute approximate surface area is 92.7 Å². The van der Waals surface area contributed by atoms with Crippen molar-refractivity contribution in [2.45, 2.75) is 13.5 Å². The molecule has 0 saturated carbocycles. The number of nitrogens with one attached hydrogen (secondary N) is 2. The maximum atomic E-state index is 11.7. The van der Waals surface area contributed by atoms with Crippen LogP contribution in [0, 0.1) is 6.92 Å². The van der Waals surface area contributed by atoms with Gasteiger partial charge in [-0.25, -0.2) is 4.98 Å². The number of aromatic nitrogens is 4. The molecule has 0 atom stereocenters. The van der Waals surface area contributed by atoms with Crippen LogP contribution in [0.5, 0.6) is 0 Å². The lowest BCUT2D eigenvalue weighted by Crippen LogP contribution is -2.24. The van der Waals surface area contributed by atoms with Gasteiger partial charge < -0.3 is 9.88 Å². The zero-order valence-corrected chi connectivity index (χ0v) is 9.19.